The molecule has 0 unspecified atom stereocenters. The van der Waals surface area contributed by atoms with Crippen LogP contribution in [0.4, 0.5) is 0 Å². The smallest absolute Gasteiger partial charge is 0.308 e. The van der Waals surface area contributed by atoms with Crippen molar-refractivity contribution in [1.29, 1.82) is 0 Å². The number of esters is 1. The van der Waals surface area contributed by atoms with Crippen molar-refractivity contribution in [3.63, 3.8) is 0 Å². The van der Waals surface area contributed by atoms with Gasteiger partial charge in [0, 0.05) is 23.7 Å². The molecule has 0 aliphatic heterocycles. The van der Waals surface area contributed by atoms with E-state index in [4.69, 9.17) is 20.2 Å². The summed E-state index contributed by atoms with van der Waals surface area (Å²) in [6, 6.07) is 3.71. The molecule has 1 rings (SSSR count). The summed E-state index contributed by atoms with van der Waals surface area (Å²) in [5.74, 6) is -0.268. The van der Waals surface area contributed by atoms with Gasteiger partial charge in [0.15, 0.2) is 11.5 Å². The first-order valence-corrected chi connectivity index (χ1v) is 6.46. The van der Waals surface area contributed by atoms with Gasteiger partial charge < -0.3 is 9.47 Å². The fraction of sp³-hybridized carbons (Fsp3) is 0.222. The second-order valence-corrected chi connectivity index (χ2v) is 5.41. The Morgan fingerprint density at radius 2 is 1.94 bits per heavy atom. The number of hydrogen-bond donors (Lipinski definition) is 0. The van der Waals surface area contributed by atoms with Crippen LogP contribution in [-0.2, 0) is 13.8 Å². The van der Waals surface area contributed by atoms with Crippen LogP contribution < -0.4 is 9.47 Å². The third-order valence-electron chi connectivity index (χ3n) is 1.67. The molecule has 0 aromatic heterocycles. The first kappa shape index (κ1) is 12.8. The fourth-order valence-electron chi connectivity index (χ4n) is 1.04. The average Bonchev–Trinajstić information content (AvgIpc) is 2.15. The lowest BCUT2D eigenvalue weighted by atomic mass is 10.3. The van der Waals surface area contributed by atoms with E-state index in [0.717, 1.165) is 0 Å². The van der Waals surface area contributed by atoms with Gasteiger partial charge in [-0.25, -0.2) is 8.42 Å². The number of carbonyl (C=O) groups is 1. The minimum absolute atomic E-state index is 0.122. The molecule has 0 radical (unpaired) electrons. The van der Waals surface area contributed by atoms with Crippen LogP contribution in [0.1, 0.15) is 6.92 Å². The van der Waals surface area contributed by atoms with Crippen LogP contribution in [0.15, 0.2) is 23.1 Å². The van der Waals surface area contributed by atoms with Crippen LogP contribution in [0.2, 0.25) is 0 Å². The third-order valence-corrected chi connectivity index (χ3v) is 3.02. The maximum Gasteiger partial charge on any atom is 0.308 e. The molecule has 0 aliphatic carbocycles. The second kappa shape index (κ2) is 4.71. The SMILES string of the molecule is COc1cc(S(=O)(=O)Cl)ccc1OC(C)=O. The van der Waals surface area contributed by atoms with Crippen molar-refractivity contribution in [3.05, 3.63) is 18.2 Å². The average molecular weight is 265 g/mol. The summed E-state index contributed by atoms with van der Waals surface area (Å²) in [6.07, 6.45) is 0. The third kappa shape index (κ3) is 3.11. The number of halogens is 1. The molecule has 5 nitrogen and oxygen atoms in total. The Labute approximate surface area is 97.3 Å². The highest BCUT2D eigenvalue weighted by Crippen LogP contribution is 2.30. The Kier molecular flexibility index (Phi) is 3.77. The van der Waals surface area contributed by atoms with Crippen molar-refractivity contribution < 1.29 is 22.7 Å². The lowest BCUT2D eigenvalue weighted by Gasteiger charge is -2.08. The highest BCUT2D eigenvalue weighted by molar-refractivity contribution is 8.13. The van der Waals surface area contributed by atoms with E-state index in [0.29, 0.717) is 0 Å². The molecule has 1 aromatic carbocycles. The maximum absolute atomic E-state index is 11.0. The van der Waals surface area contributed by atoms with Crippen molar-refractivity contribution >= 4 is 25.7 Å². The molecule has 0 bridgehead atoms. The zero-order valence-corrected chi connectivity index (χ0v) is 10.1. The normalized spacial score (nSPS) is 10.9. The maximum atomic E-state index is 11.0. The zero-order chi connectivity index (χ0) is 12.3. The number of carbonyl (C=O) groups excluding carboxylic acids is 1. The van der Waals surface area contributed by atoms with Gasteiger partial charge in [-0.3, -0.25) is 4.79 Å². The van der Waals surface area contributed by atoms with Crippen LogP contribution in [0.25, 0.3) is 0 Å². The lowest BCUT2D eigenvalue weighted by Crippen LogP contribution is -2.03. The van der Waals surface area contributed by atoms with E-state index in [2.05, 4.69) is 0 Å². The van der Waals surface area contributed by atoms with Gasteiger partial charge >= 0.3 is 5.97 Å². The molecular weight excluding hydrogens is 256 g/mol. The molecule has 0 heterocycles. The summed E-state index contributed by atoms with van der Waals surface area (Å²) in [5.41, 5.74) is 0. The minimum atomic E-state index is -3.83. The minimum Gasteiger partial charge on any atom is -0.493 e. The first-order chi connectivity index (χ1) is 7.34. The van der Waals surface area contributed by atoms with Gasteiger partial charge in [-0.2, -0.15) is 0 Å². The molecule has 0 fully saturated rings. The Balaban J connectivity index is 3.22. The van der Waals surface area contributed by atoms with E-state index in [1.165, 1.54) is 32.2 Å². The van der Waals surface area contributed by atoms with Gasteiger partial charge in [-0.05, 0) is 12.1 Å². The molecule has 0 aliphatic rings. The fourth-order valence-corrected chi connectivity index (χ4v) is 1.81. The van der Waals surface area contributed by atoms with E-state index >= 15 is 0 Å². The molecule has 7 heteroatoms. The molecule has 88 valence electrons. The number of methoxy groups -OCH3 is 1. The van der Waals surface area contributed by atoms with Crippen molar-refractivity contribution in [1.82, 2.24) is 0 Å². The van der Waals surface area contributed by atoms with E-state index < -0.39 is 15.0 Å². The summed E-state index contributed by atoms with van der Waals surface area (Å²) in [5, 5.41) is 0. The Bertz CT molecular complexity index is 509. The Morgan fingerprint density at radius 3 is 2.38 bits per heavy atom. The first-order valence-electron chi connectivity index (χ1n) is 4.15. The molecular formula is C9H9ClO5S. The monoisotopic (exact) mass is 264 g/mol. The topological polar surface area (TPSA) is 69.7 Å². The largest absolute Gasteiger partial charge is 0.493 e. The molecule has 16 heavy (non-hydrogen) atoms. The number of ether oxygens (including phenoxy) is 2. The molecule has 0 amide bonds. The van der Waals surface area contributed by atoms with Gasteiger partial charge in [-0.15, -0.1) is 0 Å². The van der Waals surface area contributed by atoms with Crippen LogP contribution in [-0.4, -0.2) is 21.5 Å². The van der Waals surface area contributed by atoms with Gasteiger partial charge in [0.25, 0.3) is 9.05 Å². The Hall–Kier alpha value is -1.27. The van der Waals surface area contributed by atoms with Gasteiger partial charge in [0.1, 0.15) is 0 Å². The predicted molar refractivity (Wildman–Crippen MR) is 57.3 cm³/mol. The van der Waals surface area contributed by atoms with Crippen molar-refractivity contribution in [2.45, 2.75) is 11.8 Å². The molecule has 0 atom stereocenters. The molecule has 1 aromatic rings. The summed E-state index contributed by atoms with van der Waals surface area (Å²) in [4.78, 5) is 10.6. The summed E-state index contributed by atoms with van der Waals surface area (Å²) >= 11 is 0. The number of benzene rings is 1. The number of rotatable bonds is 3. The van der Waals surface area contributed by atoms with Gasteiger partial charge in [-0.1, -0.05) is 0 Å². The number of hydrogen-bond acceptors (Lipinski definition) is 5. The molecule has 0 saturated heterocycles. The predicted octanol–water partition coefficient (Wildman–Crippen LogP) is 1.55. The second-order valence-electron chi connectivity index (χ2n) is 2.84. The zero-order valence-electron chi connectivity index (χ0n) is 8.56. The highest BCUT2D eigenvalue weighted by atomic mass is 35.7. The van der Waals surface area contributed by atoms with E-state index in [1.807, 2.05) is 0 Å². The van der Waals surface area contributed by atoms with Crippen molar-refractivity contribution in [2.24, 2.45) is 0 Å². The lowest BCUT2D eigenvalue weighted by molar-refractivity contribution is -0.132. The molecule has 0 spiro atoms. The van der Waals surface area contributed by atoms with Crippen LogP contribution >= 0.6 is 10.7 Å². The van der Waals surface area contributed by atoms with Crippen LogP contribution in [0.5, 0.6) is 11.5 Å². The van der Waals surface area contributed by atoms with E-state index in [9.17, 15) is 13.2 Å². The summed E-state index contributed by atoms with van der Waals surface area (Å²) in [7, 11) is 2.65. The quantitative estimate of drug-likeness (QED) is 0.471. The van der Waals surface area contributed by atoms with Gasteiger partial charge in [0.05, 0.1) is 12.0 Å². The van der Waals surface area contributed by atoms with Crippen molar-refractivity contribution in [2.75, 3.05) is 7.11 Å². The van der Waals surface area contributed by atoms with Crippen LogP contribution in [0, 0.1) is 0 Å². The van der Waals surface area contributed by atoms with Crippen molar-refractivity contribution in [3.8, 4) is 11.5 Å². The van der Waals surface area contributed by atoms with Crippen LogP contribution in [0.3, 0.4) is 0 Å². The highest BCUT2D eigenvalue weighted by Gasteiger charge is 2.15. The Morgan fingerprint density at radius 1 is 1.31 bits per heavy atom. The van der Waals surface area contributed by atoms with E-state index in [-0.39, 0.29) is 16.4 Å². The van der Waals surface area contributed by atoms with E-state index in [1.54, 1.807) is 0 Å². The molecule has 0 N–H and O–H groups in total. The standard InChI is InChI=1S/C9H9ClO5S/c1-6(11)15-8-4-3-7(16(10,12)13)5-9(8)14-2/h3-5H,1-2H3. The summed E-state index contributed by atoms with van der Waals surface area (Å²) in [6.45, 7) is 1.23. The summed E-state index contributed by atoms with van der Waals surface area (Å²) < 4.78 is 31.8. The van der Waals surface area contributed by atoms with Gasteiger partial charge in [0.2, 0.25) is 0 Å². The molecule has 0 saturated carbocycles.